The molecule has 1 N–H and O–H groups in total. The van der Waals surface area contributed by atoms with Crippen LogP contribution in [0.4, 0.5) is 0 Å². The van der Waals surface area contributed by atoms with Crippen molar-refractivity contribution in [3.05, 3.63) is 82.9 Å². The number of carboxylic acid groups (broad SMARTS) is 1. The highest BCUT2D eigenvalue weighted by Crippen LogP contribution is 2.34. The Hall–Kier alpha value is -4.18. The maximum atomic E-state index is 11.9. The number of carbonyl (C=O) groups is 1. The molecule has 0 aromatic heterocycles. The van der Waals surface area contributed by atoms with Crippen molar-refractivity contribution < 1.29 is 28.8 Å². The summed E-state index contributed by atoms with van der Waals surface area (Å²) in [6.45, 7) is 2.26. The van der Waals surface area contributed by atoms with Crippen molar-refractivity contribution in [2.24, 2.45) is 0 Å². The number of aryl methyl sites for hydroxylation is 1. The van der Waals surface area contributed by atoms with E-state index in [2.05, 4.69) is 0 Å². The summed E-state index contributed by atoms with van der Waals surface area (Å²) in [5.74, 6) is 0.785. The van der Waals surface area contributed by atoms with Crippen molar-refractivity contribution in [1.29, 1.82) is 5.26 Å². The van der Waals surface area contributed by atoms with Gasteiger partial charge in [0.15, 0.2) is 11.5 Å². The van der Waals surface area contributed by atoms with Crippen molar-refractivity contribution >= 4 is 5.97 Å². The molecular weight excluding hydrogens is 398 g/mol. The zero-order valence-electron chi connectivity index (χ0n) is 16.7. The summed E-state index contributed by atoms with van der Waals surface area (Å²) >= 11 is 0. The molecule has 1 atom stereocenters. The molecule has 1 aliphatic rings. The summed E-state index contributed by atoms with van der Waals surface area (Å²) in [6, 6.07) is 19.3. The third-order valence-electron chi connectivity index (χ3n) is 4.86. The van der Waals surface area contributed by atoms with E-state index in [1.165, 1.54) is 6.07 Å². The first-order valence-electron chi connectivity index (χ1n) is 9.55. The molecule has 3 aromatic rings. The van der Waals surface area contributed by atoms with Gasteiger partial charge in [0.05, 0.1) is 5.56 Å². The third kappa shape index (κ3) is 4.38. The van der Waals surface area contributed by atoms with Crippen molar-refractivity contribution in [1.82, 2.24) is 0 Å². The van der Waals surface area contributed by atoms with Gasteiger partial charge >= 0.3 is 5.97 Å². The predicted molar refractivity (Wildman–Crippen MR) is 110 cm³/mol. The molecule has 1 heterocycles. The average Bonchev–Trinajstić information content (AvgIpc) is 3.24. The first-order chi connectivity index (χ1) is 15.0. The Morgan fingerprint density at radius 3 is 2.71 bits per heavy atom. The van der Waals surface area contributed by atoms with Crippen LogP contribution in [0.25, 0.3) is 0 Å². The van der Waals surface area contributed by atoms with E-state index >= 15 is 0 Å². The van der Waals surface area contributed by atoms with Crippen LogP contribution < -0.4 is 18.9 Å². The lowest BCUT2D eigenvalue weighted by atomic mass is 10.0. The van der Waals surface area contributed by atoms with E-state index in [1.54, 1.807) is 24.3 Å². The highest BCUT2D eigenvalue weighted by molar-refractivity contribution is 5.75. The number of fused-ring (bicyclic) bond motifs is 1. The normalized spacial score (nSPS) is 12.6. The molecule has 7 heteroatoms. The van der Waals surface area contributed by atoms with Crippen LogP contribution in [-0.2, 0) is 11.4 Å². The predicted octanol–water partition coefficient (Wildman–Crippen LogP) is 4.38. The van der Waals surface area contributed by atoms with Gasteiger partial charge in [0.1, 0.15) is 24.2 Å². The zero-order chi connectivity index (χ0) is 21.8. The van der Waals surface area contributed by atoms with Crippen LogP contribution in [0.15, 0.2) is 60.7 Å². The maximum absolute atomic E-state index is 11.9. The minimum atomic E-state index is -1.25. The molecule has 156 valence electrons. The number of nitriles is 1. The highest BCUT2D eigenvalue weighted by Gasteiger charge is 2.25. The SMILES string of the molecule is Cc1ccccc1[C@@H](Oc1cc(OCc2ccc3c(c2)OCO3)ccc1C#N)C(=O)O. The number of carboxylic acids is 1. The molecule has 0 fully saturated rings. The van der Waals surface area contributed by atoms with Crippen molar-refractivity contribution in [3.8, 4) is 29.1 Å². The second-order valence-corrected chi connectivity index (χ2v) is 6.94. The van der Waals surface area contributed by atoms with E-state index in [-0.39, 0.29) is 24.7 Å². The monoisotopic (exact) mass is 417 g/mol. The molecule has 0 bridgehead atoms. The number of hydrogen-bond acceptors (Lipinski definition) is 6. The molecule has 0 saturated carbocycles. The van der Waals surface area contributed by atoms with Gasteiger partial charge < -0.3 is 24.1 Å². The summed E-state index contributed by atoms with van der Waals surface area (Å²) in [5, 5.41) is 19.2. The van der Waals surface area contributed by atoms with Crippen LogP contribution >= 0.6 is 0 Å². The second kappa shape index (κ2) is 8.67. The zero-order valence-corrected chi connectivity index (χ0v) is 16.7. The molecule has 1 aliphatic heterocycles. The molecule has 0 radical (unpaired) electrons. The summed E-state index contributed by atoms with van der Waals surface area (Å²) in [7, 11) is 0. The van der Waals surface area contributed by atoms with Gasteiger partial charge in [0.25, 0.3) is 0 Å². The van der Waals surface area contributed by atoms with Gasteiger partial charge in [-0.3, -0.25) is 0 Å². The minimum Gasteiger partial charge on any atom is -0.489 e. The van der Waals surface area contributed by atoms with Crippen LogP contribution in [0, 0.1) is 18.3 Å². The van der Waals surface area contributed by atoms with Crippen LogP contribution in [0.5, 0.6) is 23.0 Å². The van der Waals surface area contributed by atoms with Gasteiger partial charge in [-0.15, -0.1) is 0 Å². The molecule has 0 spiro atoms. The summed E-state index contributed by atoms with van der Waals surface area (Å²) in [4.78, 5) is 11.9. The number of benzene rings is 3. The molecule has 4 rings (SSSR count). The van der Waals surface area contributed by atoms with Crippen molar-refractivity contribution in [3.63, 3.8) is 0 Å². The van der Waals surface area contributed by atoms with Gasteiger partial charge in [-0.1, -0.05) is 30.3 Å². The summed E-state index contributed by atoms with van der Waals surface area (Å²) < 4.78 is 22.3. The van der Waals surface area contributed by atoms with Gasteiger partial charge in [-0.05, 0) is 42.3 Å². The van der Waals surface area contributed by atoms with Gasteiger partial charge in [-0.25, -0.2) is 4.79 Å². The first kappa shape index (κ1) is 20.1. The Morgan fingerprint density at radius 1 is 1.13 bits per heavy atom. The first-order valence-corrected chi connectivity index (χ1v) is 9.55. The molecule has 0 saturated heterocycles. The number of nitrogens with zero attached hydrogens (tertiary/aromatic N) is 1. The van der Waals surface area contributed by atoms with Crippen LogP contribution in [0.3, 0.4) is 0 Å². The average molecular weight is 417 g/mol. The Bertz CT molecular complexity index is 1170. The van der Waals surface area contributed by atoms with Crippen molar-refractivity contribution in [2.75, 3.05) is 6.79 Å². The number of rotatable bonds is 7. The van der Waals surface area contributed by atoms with Crippen LogP contribution in [0.2, 0.25) is 0 Å². The Balaban J connectivity index is 1.55. The van der Waals surface area contributed by atoms with E-state index in [0.29, 0.717) is 22.8 Å². The molecule has 0 aliphatic carbocycles. The van der Waals surface area contributed by atoms with Gasteiger partial charge in [-0.2, -0.15) is 5.26 Å². The fourth-order valence-electron chi connectivity index (χ4n) is 3.23. The van der Waals surface area contributed by atoms with Crippen molar-refractivity contribution in [2.45, 2.75) is 19.6 Å². The lowest BCUT2D eigenvalue weighted by molar-refractivity contribution is -0.145. The van der Waals surface area contributed by atoms with Crippen LogP contribution in [0.1, 0.15) is 28.4 Å². The van der Waals surface area contributed by atoms with Gasteiger partial charge in [0, 0.05) is 11.6 Å². The maximum Gasteiger partial charge on any atom is 0.349 e. The van der Waals surface area contributed by atoms with Gasteiger partial charge in [0.2, 0.25) is 12.9 Å². The topological polar surface area (TPSA) is 98.0 Å². The fourth-order valence-corrected chi connectivity index (χ4v) is 3.23. The minimum absolute atomic E-state index is 0.140. The second-order valence-electron chi connectivity index (χ2n) is 6.94. The molecule has 31 heavy (non-hydrogen) atoms. The Kier molecular flexibility index (Phi) is 5.63. The van der Waals surface area contributed by atoms with E-state index < -0.39 is 12.1 Å². The molecule has 3 aromatic carbocycles. The lowest BCUT2D eigenvalue weighted by Crippen LogP contribution is -2.19. The number of ether oxygens (including phenoxy) is 4. The van der Waals surface area contributed by atoms with E-state index in [0.717, 1.165) is 11.1 Å². The number of aliphatic carboxylic acids is 1. The highest BCUT2D eigenvalue weighted by atomic mass is 16.7. The Morgan fingerprint density at radius 2 is 1.94 bits per heavy atom. The molecular formula is C24H19NO6. The Labute approximate surface area is 179 Å². The fraction of sp³-hybridized carbons (Fsp3) is 0.167. The molecule has 7 nitrogen and oxygen atoms in total. The van der Waals surface area contributed by atoms with Crippen LogP contribution in [-0.4, -0.2) is 17.9 Å². The third-order valence-corrected chi connectivity index (χ3v) is 4.86. The van der Waals surface area contributed by atoms with E-state index in [9.17, 15) is 15.2 Å². The summed E-state index contributed by atoms with van der Waals surface area (Å²) in [5.41, 5.74) is 2.39. The van der Waals surface area contributed by atoms with E-state index in [4.69, 9.17) is 18.9 Å². The summed E-state index contributed by atoms with van der Waals surface area (Å²) in [6.07, 6.45) is -1.25. The van der Waals surface area contributed by atoms with E-state index in [1.807, 2.05) is 43.3 Å². The largest absolute Gasteiger partial charge is 0.489 e. The molecule has 0 amide bonds. The number of hydrogen-bond donors (Lipinski definition) is 1. The smallest absolute Gasteiger partial charge is 0.349 e. The molecule has 0 unspecified atom stereocenters. The standard InChI is InChI=1S/C24H19NO6/c1-15-4-2-3-5-19(15)23(24(26)27)31-21-11-18(8-7-17(21)12-25)28-13-16-6-9-20-22(10-16)30-14-29-20/h2-11,23H,13-14H2,1H3,(H,26,27)/t23-/m1/s1. The quantitative estimate of drug-likeness (QED) is 0.609. The lowest BCUT2D eigenvalue weighted by Gasteiger charge is -2.19.